The van der Waals surface area contributed by atoms with Gasteiger partial charge in [0.25, 0.3) is 0 Å². The highest BCUT2D eigenvalue weighted by molar-refractivity contribution is 5.71. The lowest BCUT2D eigenvalue weighted by Crippen LogP contribution is -2.32. The number of pyridine rings is 2. The first-order valence-electron chi connectivity index (χ1n) is 4.88. The van der Waals surface area contributed by atoms with Crippen LogP contribution in [-0.2, 0) is 0 Å². The van der Waals surface area contributed by atoms with Crippen LogP contribution in [0, 0.1) is 0 Å². The van der Waals surface area contributed by atoms with E-state index in [1.165, 1.54) is 6.20 Å². The van der Waals surface area contributed by atoms with Crippen molar-refractivity contribution in [3.05, 3.63) is 49.1 Å². The Balaban J connectivity index is 1.83. The number of anilines is 1. The number of hydrazine groups is 1. The van der Waals surface area contributed by atoms with E-state index < -0.39 is 6.09 Å². The number of hydrogen-bond acceptors (Lipinski definition) is 5. The van der Waals surface area contributed by atoms with Crippen LogP contribution in [0.15, 0.2) is 49.1 Å². The summed E-state index contributed by atoms with van der Waals surface area (Å²) >= 11 is 0. The molecule has 1 amide bonds. The van der Waals surface area contributed by atoms with Crippen LogP contribution in [0.5, 0.6) is 5.75 Å². The number of carbonyl (C=O) groups is 1. The molecule has 0 aliphatic rings. The molecule has 86 valence electrons. The maximum Gasteiger partial charge on any atom is 0.431 e. The largest absolute Gasteiger partial charge is 0.431 e. The van der Waals surface area contributed by atoms with Crippen LogP contribution in [-0.4, -0.2) is 16.1 Å². The molecule has 0 aromatic carbocycles. The third kappa shape index (κ3) is 3.45. The molecule has 0 aliphatic carbocycles. The quantitative estimate of drug-likeness (QED) is 0.783. The Morgan fingerprint density at radius 1 is 1.12 bits per heavy atom. The Morgan fingerprint density at radius 3 is 2.53 bits per heavy atom. The van der Waals surface area contributed by atoms with Gasteiger partial charge in [-0.25, -0.2) is 10.2 Å². The summed E-state index contributed by atoms with van der Waals surface area (Å²) in [5.74, 6) is 0.373. The SMILES string of the molecule is O=C(NNc1cccnc1)Oc1cccnc1. The maximum atomic E-state index is 11.3. The minimum Gasteiger partial charge on any atom is -0.407 e. The predicted molar refractivity (Wildman–Crippen MR) is 61.3 cm³/mol. The molecule has 2 rings (SSSR count). The monoisotopic (exact) mass is 230 g/mol. The average Bonchev–Trinajstić information content (AvgIpc) is 2.39. The van der Waals surface area contributed by atoms with E-state index in [-0.39, 0.29) is 0 Å². The summed E-state index contributed by atoms with van der Waals surface area (Å²) in [5, 5.41) is 0. The van der Waals surface area contributed by atoms with E-state index in [9.17, 15) is 4.79 Å². The second-order valence-electron chi connectivity index (χ2n) is 3.07. The van der Waals surface area contributed by atoms with Gasteiger partial charge in [0.05, 0.1) is 18.1 Å². The molecule has 2 N–H and O–H groups in total. The van der Waals surface area contributed by atoms with E-state index in [1.54, 1.807) is 42.9 Å². The molecule has 0 saturated carbocycles. The number of aromatic nitrogens is 2. The van der Waals surface area contributed by atoms with E-state index in [0.29, 0.717) is 11.4 Å². The van der Waals surface area contributed by atoms with E-state index in [2.05, 4.69) is 20.8 Å². The Kier molecular flexibility index (Phi) is 3.49. The van der Waals surface area contributed by atoms with Gasteiger partial charge in [-0.2, -0.15) is 0 Å². The van der Waals surface area contributed by atoms with Gasteiger partial charge in [-0.3, -0.25) is 15.4 Å². The number of ether oxygens (including phenoxy) is 1. The predicted octanol–water partition coefficient (Wildman–Crippen LogP) is 1.59. The Labute approximate surface area is 97.6 Å². The Bertz CT molecular complexity index is 475. The highest BCUT2D eigenvalue weighted by Gasteiger charge is 2.02. The van der Waals surface area contributed by atoms with Crippen molar-refractivity contribution in [3.8, 4) is 5.75 Å². The molecule has 2 aromatic heterocycles. The van der Waals surface area contributed by atoms with Crippen molar-refractivity contribution in [1.29, 1.82) is 0 Å². The fraction of sp³-hybridized carbons (Fsp3) is 0. The van der Waals surface area contributed by atoms with Crippen molar-refractivity contribution in [2.24, 2.45) is 0 Å². The molecule has 2 heterocycles. The van der Waals surface area contributed by atoms with Gasteiger partial charge in [-0.05, 0) is 24.3 Å². The minimum absolute atomic E-state index is 0.373. The van der Waals surface area contributed by atoms with Crippen molar-refractivity contribution < 1.29 is 9.53 Å². The summed E-state index contributed by atoms with van der Waals surface area (Å²) < 4.78 is 4.94. The zero-order chi connectivity index (χ0) is 11.9. The summed E-state index contributed by atoms with van der Waals surface area (Å²) in [5.41, 5.74) is 5.69. The molecule has 2 aromatic rings. The van der Waals surface area contributed by atoms with Gasteiger partial charge in [0.15, 0.2) is 5.75 Å². The number of rotatable bonds is 3. The first-order valence-corrected chi connectivity index (χ1v) is 4.88. The van der Waals surface area contributed by atoms with Crippen molar-refractivity contribution in [2.45, 2.75) is 0 Å². The van der Waals surface area contributed by atoms with E-state index in [1.807, 2.05) is 0 Å². The normalized spacial score (nSPS) is 9.41. The van der Waals surface area contributed by atoms with Gasteiger partial charge in [0.1, 0.15) is 0 Å². The van der Waals surface area contributed by atoms with Crippen LogP contribution in [0.1, 0.15) is 0 Å². The van der Waals surface area contributed by atoms with Gasteiger partial charge < -0.3 is 4.74 Å². The number of hydrogen-bond donors (Lipinski definition) is 2. The first-order chi connectivity index (χ1) is 8.34. The summed E-state index contributed by atoms with van der Waals surface area (Å²) in [6.07, 6.45) is 5.63. The molecule has 0 saturated heterocycles. The van der Waals surface area contributed by atoms with Crippen molar-refractivity contribution in [1.82, 2.24) is 15.4 Å². The van der Waals surface area contributed by atoms with Gasteiger partial charge in [0.2, 0.25) is 0 Å². The summed E-state index contributed by atoms with van der Waals surface area (Å²) in [6.45, 7) is 0. The van der Waals surface area contributed by atoms with Gasteiger partial charge in [-0.1, -0.05) is 0 Å². The molecule has 0 spiro atoms. The van der Waals surface area contributed by atoms with Gasteiger partial charge in [0, 0.05) is 12.4 Å². The van der Waals surface area contributed by atoms with Gasteiger partial charge >= 0.3 is 6.09 Å². The second-order valence-corrected chi connectivity index (χ2v) is 3.07. The molecule has 17 heavy (non-hydrogen) atoms. The lowest BCUT2D eigenvalue weighted by molar-refractivity contribution is 0.202. The molecule has 0 fully saturated rings. The number of nitrogens with one attached hydrogen (secondary N) is 2. The average molecular weight is 230 g/mol. The molecule has 6 nitrogen and oxygen atoms in total. The van der Waals surface area contributed by atoms with E-state index >= 15 is 0 Å². The van der Waals surface area contributed by atoms with Crippen LogP contribution in [0.4, 0.5) is 10.5 Å². The standard InChI is InChI=1S/C11H10N4O2/c16-11(17-10-4-2-6-13-8-10)15-14-9-3-1-5-12-7-9/h1-8,14H,(H,15,16). The lowest BCUT2D eigenvalue weighted by Gasteiger charge is -2.07. The zero-order valence-corrected chi connectivity index (χ0v) is 8.83. The smallest absolute Gasteiger partial charge is 0.407 e. The van der Waals surface area contributed by atoms with Crippen molar-refractivity contribution >= 4 is 11.8 Å². The third-order valence-electron chi connectivity index (χ3n) is 1.82. The van der Waals surface area contributed by atoms with Crippen LogP contribution >= 0.6 is 0 Å². The first kappa shape index (κ1) is 10.9. The van der Waals surface area contributed by atoms with Crippen LogP contribution in [0.2, 0.25) is 0 Å². The Hall–Kier alpha value is -2.63. The fourth-order valence-electron chi connectivity index (χ4n) is 1.10. The number of nitrogens with zero attached hydrogens (tertiary/aromatic N) is 2. The molecular formula is C11H10N4O2. The van der Waals surface area contributed by atoms with Crippen LogP contribution in [0.25, 0.3) is 0 Å². The minimum atomic E-state index is -0.623. The van der Waals surface area contributed by atoms with Crippen molar-refractivity contribution in [3.63, 3.8) is 0 Å². The maximum absolute atomic E-state index is 11.3. The number of amides is 1. The fourth-order valence-corrected chi connectivity index (χ4v) is 1.10. The molecule has 0 atom stereocenters. The molecule has 0 aliphatic heterocycles. The molecule has 0 unspecified atom stereocenters. The van der Waals surface area contributed by atoms with Gasteiger partial charge in [-0.15, -0.1) is 0 Å². The lowest BCUT2D eigenvalue weighted by atomic mass is 10.4. The molecular weight excluding hydrogens is 220 g/mol. The molecule has 0 bridgehead atoms. The zero-order valence-electron chi connectivity index (χ0n) is 8.83. The summed E-state index contributed by atoms with van der Waals surface area (Å²) in [7, 11) is 0. The highest BCUT2D eigenvalue weighted by atomic mass is 16.6. The summed E-state index contributed by atoms with van der Waals surface area (Å²) in [6, 6.07) is 6.82. The van der Waals surface area contributed by atoms with Crippen LogP contribution in [0.3, 0.4) is 0 Å². The van der Waals surface area contributed by atoms with E-state index in [4.69, 9.17) is 4.74 Å². The highest BCUT2D eigenvalue weighted by Crippen LogP contribution is 2.06. The summed E-state index contributed by atoms with van der Waals surface area (Å²) in [4.78, 5) is 19.0. The van der Waals surface area contributed by atoms with Crippen LogP contribution < -0.4 is 15.6 Å². The topological polar surface area (TPSA) is 76.1 Å². The van der Waals surface area contributed by atoms with E-state index in [0.717, 1.165) is 0 Å². The van der Waals surface area contributed by atoms with Crippen molar-refractivity contribution in [2.75, 3.05) is 5.43 Å². The number of carbonyl (C=O) groups excluding carboxylic acids is 1. The third-order valence-corrected chi connectivity index (χ3v) is 1.82. The molecule has 6 heteroatoms. The Morgan fingerprint density at radius 2 is 1.88 bits per heavy atom. The molecule has 0 radical (unpaired) electrons. The second kappa shape index (κ2) is 5.45.